The first kappa shape index (κ1) is 23.6. The summed E-state index contributed by atoms with van der Waals surface area (Å²) in [7, 11) is 0. The van der Waals surface area contributed by atoms with E-state index in [-0.39, 0.29) is 28.6 Å². The van der Waals surface area contributed by atoms with Crippen molar-refractivity contribution in [2.45, 2.75) is 64.4 Å². The molecule has 10 heteroatoms. The Bertz CT molecular complexity index is 1300. The molecule has 2 fully saturated rings. The number of nitrogens with zero attached hydrogens (tertiary/aromatic N) is 4. The van der Waals surface area contributed by atoms with Crippen LogP contribution in [-0.2, 0) is 23.1 Å². The number of aromatic nitrogens is 3. The second-order valence-corrected chi connectivity index (χ2v) is 10.2. The molecule has 2 aromatic heterocycles. The van der Waals surface area contributed by atoms with E-state index in [0.717, 1.165) is 18.9 Å². The number of alkyl halides is 3. The van der Waals surface area contributed by atoms with E-state index < -0.39 is 23.1 Å². The van der Waals surface area contributed by atoms with E-state index in [1.807, 2.05) is 4.90 Å². The van der Waals surface area contributed by atoms with Crippen molar-refractivity contribution in [1.29, 1.82) is 0 Å². The molecule has 2 aliphatic rings. The standard InChI is InChI=1S/C25H27F3N4O3/c1-13-8-15(25(26,27)28)10-19(33)21(13)18-7-6-17-22(24(2,3)35)32(30-23(17)29-18)12-14-9-20(34)31(11-14)16-4-5-16/h6-8,10,14,16,33,35H,4-5,9,11-12H2,1-3H3. The number of halogens is 3. The normalized spacial score (nSPS) is 19.2. The summed E-state index contributed by atoms with van der Waals surface area (Å²) in [5.41, 5.74) is -0.611. The van der Waals surface area contributed by atoms with Crippen molar-refractivity contribution in [2.24, 2.45) is 5.92 Å². The lowest BCUT2D eigenvalue weighted by molar-refractivity contribution is -0.137. The molecule has 0 spiro atoms. The van der Waals surface area contributed by atoms with Crippen molar-refractivity contribution in [2.75, 3.05) is 6.54 Å². The lowest BCUT2D eigenvalue weighted by atomic mass is 9.98. The van der Waals surface area contributed by atoms with Crippen LogP contribution in [0.1, 0.15) is 49.9 Å². The van der Waals surface area contributed by atoms with Crippen molar-refractivity contribution < 1.29 is 28.2 Å². The van der Waals surface area contributed by atoms with E-state index in [4.69, 9.17) is 0 Å². The molecule has 1 aliphatic carbocycles. The van der Waals surface area contributed by atoms with Crippen LogP contribution in [0, 0.1) is 12.8 Å². The van der Waals surface area contributed by atoms with Gasteiger partial charge in [0, 0.05) is 42.4 Å². The molecule has 1 aromatic carbocycles. The Morgan fingerprint density at radius 2 is 1.89 bits per heavy atom. The summed E-state index contributed by atoms with van der Waals surface area (Å²) < 4.78 is 41.1. The van der Waals surface area contributed by atoms with Crippen LogP contribution in [0.2, 0.25) is 0 Å². The van der Waals surface area contributed by atoms with Gasteiger partial charge in [-0.15, -0.1) is 0 Å². The third kappa shape index (κ3) is 4.35. The fraction of sp³-hybridized carbons (Fsp3) is 0.480. The first-order valence-corrected chi connectivity index (χ1v) is 11.6. The monoisotopic (exact) mass is 488 g/mol. The second kappa shape index (κ2) is 7.94. The molecule has 0 bridgehead atoms. The molecule has 0 radical (unpaired) electrons. The van der Waals surface area contributed by atoms with Gasteiger partial charge in [0.25, 0.3) is 0 Å². The summed E-state index contributed by atoms with van der Waals surface area (Å²) in [6, 6.07) is 5.33. The number of phenolic OH excluding ortho intramolecular Hbond substituents is 1. The fourth-order valence-electron chi connectivity index (χ4n) is 5.11. The largest absolute Gasteiger partial charge is 0.507 e. The number of rotatable bonds is 5. The molecule has 1 saturated carbocycles. The number of hydrogen-bond acceptors (Lipinski definition) is 5. The zero-order chi connectivity index (χ0) is 25.3. The SMILES string of the molecule is Cc1cc(C(F)(F)F)cc(O)c1-c1ccc2c(C(C)(C)O)n(CC3CC(=O)N(C4CC4)C3)nc2n1. The zero-order valence-electron chi connectivity index (χ0n) is 19.7. The number of amides is 1. The van der Waals surface area contributed by atoms with Crippen molar-refractivity contribution in [1.82, 2.24) is 19.7 Å². The van der Waals surface area contributed by atoms with Gasteiger partial charge in [-0.2, -0.15) is 18.3 Å². The maximum absolute atomic E-state index is 13.1. The number of aromatic hydroxyl groups is 1. The first-order chi connectivity index (χ1) is 16.3. The highest BCUT2D eigenvalue weighted by Gasteiger charge is 2.40. The Hall–Kier alpha value is -3.14. The minimum Gasteiger partial charge on any atom is -0.507 e. The lowest BCUT2D eigenvalue weighted by Gasteiger charge is -2.21. The number of phenols is 1. The predicted molar refractivity (Wildman–Crippen MR) is 122 cm³/mol. The van der Waals surface area contributed by atoms with Crippen LogP contribution in [0.3, 0.4) is 0 Å². The summed E-state index contributed by atoms with van der Waals surface area (Å²) >= 11 is 0. The molecule has 186 valence electrons. The number of carbonyl (C=O) groups is 1. The summed E-state index contributed by atoms with van der Waals surface area (Å²) in [6.45, 7) is 5.87. The van der Waals surface area contributed by atoms with Gasteiger partial charge in [0.05, 0.1) is 17.0 Å². The van der Waals surface area contributed by atoms with E-state index in [2.05, 4.69) is 10.1 Å². The van der Waals surface area contributed by atoms with Gasteiger partial charge in [0.1, 0.15) is 11.4 Å². The Balaban J connectivity index is 1.53. The van der Waals surface area contributed by atoms with E-state index in [0.29, 0.717) is 48.3 Å². The van der Waals surface area contributed by atoms with Crippen LogP contribution in [0.25, 0.3) is 22.3 Å². The van der Waals surface area contributed by atoms with E-state index in [1.165, 1.54) is 6.92 Å². The smallest absolute Gasteiger partial charge is 0.416 e. The van der Waals surface area contributed by atoms with E-state index >= 15 is 0 Å². The second-order valence-electron chi connectivity index (χ2n) is 10.2. The molecule has 5 rings (SSSR count). The number of benzene rings is 1. The average Bonchev–Trinajstić information content (AvgIpc) is 3.40. The molecular weight excluding hydrogens is 461 g/mol. The maximum atomic E-state index is 13.1. The number of fused-ring (bicyclic) bond motifs is 1. The van der Waals surface area contributed by atoms with Crippen LogP contribution in [-0.4, -0.2) is 48.4 Å². The molecule has 1 amide bonds. The third-order valence-corrected chi connectivity index (χ3v) is 6.74. The number of aryl methyl sites for hydroxylation is 1. The Morgan fingerprint density at radius 3 is 2.49 bits per heavy atom. The average molecular weight is 489 g/mol. The number of hydrogen-bond donors (Lipinski definition) is 2. The molecule has 1 unspecified atom stereocenters. The van der Waals surface area contributed by atoms with E-state index in [9.17, 15) is 28.2 Å². The zero-order valence-corrected chi connectivity index (χ0v) is 19.7. The first-order valence-electron chi connectivity index (χ1n) is 11.6. The number of likely N-dealkylation sites (tertiary alicyclic amines) is 1. The van der Waals surface area contributed by atoms with Gasteiger partial charge >= 0.3 is 6.18 Å². The fourth-order valence-corrected chi connectivity index (χ4v) is 5.11. The minimum absolute atomic E-state index is 0.0548. The van der Waals surface area contributed by atoms with Crippen molar-refractivity contribution in [3.05, 3.63) is 41.1 Å². The molecule has 1 aliphatic heterocycles. The summed E-state index contributed by atoms with van der Waals surface area (Å²) in [5, 5.41) is 26.5. The molecule has 1 saturated heterocycles. The van der Waals surface area contributed by atoms with Crippen molar-refractivity contribution in [3.8, 4) is 17.0 Å². The van der Waals surface area contributed by atoms with Gasteiger partial charge in [-0.1, -0.05) is 0 Å². The summed E-state index contributed by atoms with van der Waals surface area (Å²) in [5.74, 6) is -0.317. The molecule has 1 atom stereocenters. The molecule has 2 N–H and O–H groups in total. The Kier molecular flexibility index (Phi) is 5.35. The molecule has 7 nitrogen and oxygen atoms in total. The van der Waals surface area contributed by atoms with Gasteiger partial charge in [0.15, 0.2) is 5.65 Å². The highest BCUT2D eigenvalue weighted by atomic mass is 19.4. The number of aliphatic hydroxyl groups is 1. The third-order valence-electron chi connectivity index (χ3n) is 6.74. The van der Waals surface area contributed by atoms with Crippen LogP contribution in [0.4, 0.5) is 13.2 Å². The summed E-state index contributed by atoms with van der Waals surface area (Å²) in [6.07, 6.45) is -2.06. The molecule has 35 heavy (non-hydrogen) atoms. The minimum atomic E-state index is -4.57. The number of pyridine rings is 1. The van der Waals surface area contributed by atoms with Crippen LogP contribution >= 0.6 is 0 Å². The van der Waals surface area contributed by atoms with Gasteiger partial charge in [-0.3, -0.25) is 9.48 Å². The quantitative estimate of drug-likeness (QED) is 0.557. The van der Waals surface area contributed by atoms with Crippen LogP contribution in [0.5, 0.6) is 5.75 Å². The van der Waals surface area contributed by atoms with Gasteiger partial charge in [-0.25, -0.2) is 4.98 Å². The van der Waals surface area contributed by atoms with E-state index in [1.54, 1.807) is 30.7 Å². The van der Waals surface area contributed by atoms with Gasteiger partial charge in [-0.05, 0) is 63.4 Å². The topological polar surface area (TPSA) is 91.5 Å². The molecule has 3 aromatic rings. The predicted octanol–water partition coefficient (Wildman–Crippen LogP) is 4.37. The maximum Gasteiger partial charge on any atom is 0.416 e. The van der Waals surface area contributed by atoms with Crippen LogP contribution < -0.4 is 0 Å². The Labute approximate surface area is 200 Å². The van der Waals surface area contributed by atoms with Crippen molar-refractivity contribution in [3.63, 3.8) is 0 Å². The highest BCUT2D eigenvalue weighted by Crippen LogP contribution is 2.40. The highest BCUT2D eigenvalue weighted by molar-refractivity contribution is 5.84. The van der Waals surface area contributed by atoms with Crippen molar-refractivity contribution >= 4 is 16.9 Å². The molecular formula is C25H27F3N4O3. The number of carbonyl (C=O) groups excluding carboxylic acids is 1. The van der Waals surface area contributed by atoms with Gasteiger partial charge < -0.3 is 15.1 Å². The van der Waals surface area contributed by atoms with Gasteiger partial charge in [0.2, 0.25) is 5.91 Å². The molecule has 3 heterocycles. The van der Waals surface area contributed by atoms with Crippen LogP contribution in [0.15, 0.2) is 24.3 Å². The summed E-state index contributed by atoms with van der Waals surface area (Å²) in [4.78, 5) is 18.9. The lowest BCUT2D eigenvalue weighted by Crippen LogP contribution is -2.28. The Morgan fingerprint density at radius 1 is 1.17 bits per heavy atom.